The Hall–Kier alpha value is -1.22. The van der Waals surface area contributed by atoms with E-state index in [2.05, 4.69) is 48.8 Å². The van der Waals surface area contributed by atoms with Crippen LogP contribution in [0.3, 0.4) is 0 Å². The molecule has 116 valence electrons. The number of nitrogens with zero attached hydrogens (tertiary/aromatic N) is 2. The van der Waals surface area contributed by atoms with Gasteiger partial charge in [-0.25, -0.2) is 0 Å². The number of hydrogen-bond donors (Lipinski definition) is 0. The molecule has 2 aliphatic rings. The van der Waals surface area contributed by atoms with Crippen molar-refractivity contribution in [2.75, 3.05) is 38.2 Å². The summed E-state index contributed by atoms with van der Waals surface area (Å²) in [7, 11) is 1.78. The number of benzene rings is 1. The molecule has 2 fully saturated rings. The highest BCUT2D eigenvalue weighted by molar-refractivity contribution is 5.62. The highest BCUT2D eigenvalue weighted by Gasteiger charge is 2.34. The maximum Gasteiger partial charge on any atom is 0.142 e. The van der Waals surface area contributed by atoms with Gasteiger partial charge in [-0.05, 0) is 49.0 Å². The highest BCUT2D eigenvalue weighted by atomic mass is 16.5. The van der Waals surface area contributed by atoms with Crippen LogP contribution in [-0.4, -0.2) is 44.2 Å². The minimum absolute atomic E-state index is 0.166. The SMILES string of the molecule is COc1cc(C(C)(C)C)ccc1N1CC(N2CCCC2)C1. The molecule has 3 heteroatoms. The van der Waals surface area contributed by atoms with Crippen molar-refractivity contribution in [2.45, 2.75) is 45.1 Å². The van der Waals surface area contributed by atoms with Crippen LogP contribution in [-0.2, 0) is 5.41 Å². The van der Waals surface area contributed by atoms with Gasteiger partial charge in [-0.2, -0.15) is 0 Å². The van der Waals surface area contributed by atoms with E-state index in [1.54, 1.807) is 7.11 Å². The summed E-state index contributed by atoms with van der Waals surface area (Å²) >= 11 is 0. The smallest absolute Gasteiger partial charge is 0.142 e. The van der Waals surface area contributed by atoms with Crippen LogP contribution in [0.15, 0.2) is 18.2 Å². The predicted octanol–water partition coefficient (Wildman–Crippen LogP) is 3.28. The normalized spacial score (nSPS) is 20.7. The van der Waals surface area contributed by atoms with Crippen molar-refractivity contribution in [1.29, 1.82) is 0 Å². The largest absolute Gasteiger partial charge is 0.495 e. The molecule has 3 nitrogen and oxygen atoms in total. The van der Waals surface area contributed by atoms with Crippen LogP contribution in [0.1, 0.15) is 39.2 Å². The third kappa shape index (κ3) is 2.89. The molecule has 0 amide bonds. The lowest BCUT2D eigenvalue weighted by Crippen LogP contribution is -2.58. The van der Waals surface area contributed by atoms with Gasteiger partial charge >= 0.3 is 0 Å². The van der Waals surface area contributed by atoms with E-state index in [0.717, 1.165) is 24.9 Å². The maximum absolute atomic E-state index is 5.64. The topological polar surface area (TPSA) is 15.7 Å². The van der Waals surface area contributed by atoms with Gasteiger partial charge in [-0.15, -0.1) is 0 Å². The molecule has 0 aliphatic carbocycles. The molecule has 0 atom stereocenters. The minimum atomic E-state index is 0.166. The fourth-order valence-corrected chi connectivity index (χ4v) is 3.40. The van der Waals surface area contributed by atoms with Crippen LogP contribution >= 0.6 is 0 Å². The van der Waals surface area contributed by atoms with E-state index in [9.17, 15) is 0 Å². The second kappa shape index (κ2) is 5.53. The van der Waals surface area contributed by atoms with E-state index < -0.39 is 0 Å². The van der Waals surface area contributed by atoms with Crippen molar-refractivity contribution in [1.82, 2.24) is 4.90 Å². The summed E-state index contributed by atoms with van der Waals surface area (Å²) in [5.74, 6) is 1.02. The Morgan fingerprint density at radius 3 is 2.33 bits per heavy atom. The summed E-state index contributed by atoms with van der Waals surface area (Å²) in [4.78, 5) is 5.10. The van der Waals surface area contributed by atoms with Gasteiger partial charge in [0, 0.05) is 19.1 Å². The molecular weight excluding hydrogens is 260 g/mol. The molecule has 2 saturated heterocycles. The van der Waals surface area contributed by atoms with Crippen LogP contribution in [0.5, 0.6) is 5.75 Å². The quantitative estimate of drug-likeness (QED) is 0.849. The van der Waals surface area contributed by atoms with Gasteiger partial charge < -0.3 is 9.64 Å². The number of methoxy groups -OCH3 is 1. The third-order valence-corrected chi connectivity index (χ3v) is 4.91. The van der Waals surface area contributed by atoms with Crippen LogP contribution in [0.4, 0.5) is 5.69 Å². The zero-order valence-corrected chi connectivity index (χ0v) is 13.9. The molecule has 21 heavy (non-hydrogen) atoms. The van der Waals surface area contributed by atoms with E-state index in [4.69, 9.17) is 4.74 Å². The van der Waals surface area contributed by atoms with E-state index in [1.807, 2.05) is 0 Å². The Kier molecular flexibility index (Phi) is 3.87. The van der Waals surface area contributed by atoms with Crippen LogP contribution in [0.25, 0.3) is 0 Å². The van der Waals surface area contributed by atoms with Crippen molar-refractivity contribution >= 4 is 5.69 Å². The summed E-state index contributed by atoms with van der Waals surface area (Å²) in [6.07, 6.45) is 2.75. The number of hydrogen-bond acceptors (Lipinski definition) is 3. The highest BCUT2D eigenvalue weighted by Crippen LogP contribution is 2.36. The average Bonchev–Trinajstić information content (AvgIpc) is 2.90. The van der Waals surface area contributed by atoms with E-state index in [0.29, 0.717) is 0 Å². The fourth-order valence-electron chi connectivity index (χ4n) is 3.40. The number of rotatable bonds is 3. The third-order valence-electron chi connectivity index (χ3n) is 4.91. The van der Waals surface area contributed by atoms with Crippen LogP contribution in [0.2, 0.25) is 0 Å². The summed E-state index contributed by atoms with van der Waals surface area (Å²) in [6.45, 7) is 11.6. The van der Waals surface area contributed by atoms with E-state index >= 15 is 0 Å². The number of ether oxygens (including phenoxy) is 1. The molecule has 0 N–H and O–H groups in total. The molecule has 0 bridgehead atoms. The number of likely N-dealkylation sites (tertiary alicyclic amines) is 1. The Balaban J connectivity index is 1.71. The zero-order valence-electron chi connectivity index (χ0n) is 13.9. The Bertz CT molecular complexity index is 494. The molecule has 2 aliphatic heterocycles. The fraction of sp³-hybridized carbons (Fsp3) is 0.667. The first-order valence-electron chi connectivity index (χ1n) is 8.16. The van der Waals surface area contributed by atoms with Crippen molar-refractivity contribution in [3.8, 4) is 5.75 Å². The first-order valence-corrected chi connectivity index (χ1v) is 8.16. The average molecular weight is 288 g/mol. The molecule has 0 saturated carbocycles. The van der Waals surface area contributed by atoms with Crippen molar-refractivity contribution in [3.05, 3.63) is 23.8 Å². The van der Waals surface area contributed by atoms with Crippen molar-refractivity contribution < 1.29 is 4.74 Å². The first-order chi connectivity index (χ1) is 9.99. The van der Waals surface area contributed by atoms with Crippen LogP contribution < -0.4 is 9.64 Å². The summed E-state index contributed by atoms with van der Waals surface area (Å²) in [5, 5.41) is 0. The molecule has 0 aromatic heterocycles. The maximum atomic E-state index is 5.64. The lowest BCUT2D eigenvalue weighted by Gasteiger charge is -2.46. The van der Waals surface area contributed by atoms with Gasteiger partial charge in [-0.1, -0.05) is 26.8 Å². The minimum Gasteiger partial charge on any atom is -0.495 e. The molecule has 0 spiro atoms. The molecular formula is C18H28N2O. The van der Waals surface area contributed by atoms with Gasteiger partial charge in [0.15, 0.2) is 0 Å². The van der Waals surface area contributed by atoms with Crippen LogP contribution in [0, 0.1) is 0 Å². The standard InChI is InChI=1S/C18H28N2O/c1-18(2,3)14-7-8-16(17(11-14)21-4)20-12-15(13-20)19-9-5-6-10-19/h7-8,11,15H,5-6,9-10,12-13H2,1-4H3. The summed E-state index contributed by atoms with van der Waals surface area (Å²) < 4.78 is 5.64. The van der Waals surface area contributed by atoms with Gasteiger partial charge in [0.05, 0.1) is 12.8 Å². The molecule has 1 aromatic carbocycles. The van der Waals surface area contributed by atoms with E-state index in [-0.39, 0.29) is 5.41 Å². The zero-order chi connectivity index (χ0) is 15.0. The first kappa shape index (κ1) is 14.7. The van der Waals surface area contributed by atoms with Gasteiger partial charge in [0.1, 0.15) is 5.75 Å². The molecule has 2 heterocycles. The predicted molar refractivity (Wildman–Crippen MR) is 88.5 cm³/mol. The number of anilines is 1. The van der Waals surface area contributed by atoms with Crippen molar-refractivity contribution in [2.24, 2.45) is 0 Å². The second-order valence-electron chi connectivity index (χ2n) is 7.44. The van der Waals surface area contributed by atoms with E-state index in [1.165, 1.54) is 37.2 Å². The Morgan fingerprint density at radius 2 is 1.76 bits per heavy atom. The molecule has 0 radical (unpaired) electrons. The molecule has 0 unspecified atom stereocenters. The summed E-state index contributed by atoms with van der Waals surface area (Å²) in [6, 6.07) is 7.44. The Labute approximate surface area is 128 Å². The van der Waals surface area contributed by atoms with Gasteiger partial charge in [-0.3, -0.25) is 4.90 Å². The lowest BCUT2D eigenvalue weighted by molar-refractivity contribution is 0.204. The Morgan fingerprint density at radius 1 is 1.10 bits per heavy atom. The van der Waals surface area contributed by atoms with Gasteiger partial charge in [0.25, 0.3) is 0 Å². The monoisotopic (exact) mass is 288 g/mol. The lowest BCUT2D eigenvalue weighted by atomic mass is 9.86. The van der Waals surface area contributed by atoms with Crippen molar-refractivity contribution in [3.63, 3.8) is 0 Å². The summed E-state index contributed by atoms with van der Waals surface area (Å²) in [5.41, 5.74) is 2.75. The molecule has 3 rings (SSSR count). The second-order valence-corrected chi connectivity index (χ2v) is 7.44. The van der Waals surface area contributed by atoms with Gasteiger partial charge in [0.2, 0.25) is 0 Å². The molecule has 1 aromatic rings.